The Labute approximate surface area is 96.5 Å². The fourth-order valence-corrected chi connectivity index (χ4v) is 1.34. The second kappa shape index (κ2) is 4.18. The number of rotatable bonds is 2. The summed E-state index contributed by atoms with van der Waals surface area (Å²) in [5, 5.41) is 10.6. The van der Waals surface area contributed by atoms with Crippen molar-refractivity contribution in [2.24, 2.45) is 0 Å². The zero-order valence-corrected chi connectivity index (χ0v) is 10.4. The summed E-state index contributed by atoms with van der Waals surface area (Å²) < 4.78 is 6.28. The summed E-state index contributed by atoms with van der Waals surface area (Å²) in [4.78, 5) is 10.1. The quantitative estimate of drug-likeness (QED) is 0.612. The van der Waals surface area contributed by atoms with Crippen LogP contribution >= 0.6 is 15.9 Å². The number of nitrogens with zero attached hydrogens (tertiary/aromatic N) is 1. The van der Waals surface area contributed by atoms with Crippen molar-refractivity contribution < 1.29 is 9.66 Å². The van der Waals surface area contributed by atoms with Gasteiger partial charge in [-0.2, -0.15) is 0 Å². The third kappa shape index (κ3) is 3.51. The molecule has 5 heteroatoms. The average Bonchev–Trinajstić information content (AvgIpc) is 2.06. The van der Waals surface area contributed by atoms with Gasteiger partial charge in [-0.25, -0.2) is 0 Å². The van der Waals surface area contributed by atoms with E-state index >= 15 is 0 Å². The van der Waals surface area contributed by atoms with Gasteiger partial charge in [0.05, 0.1) is 15.5 Å². The predicted molar refractivity (Wildman–Crippen MR) is 61.2 cm³/mol. The van der Waals surface area contributed by atoms with Gasteiger partial charge in [-0.15, -0.1) is 0 Å². The standard InChI is InChI=1S/C10H12BrNO3/c1-10(2,3)15-9-6-7(12(13)14)4-5-8(9)11/h4-6H,1-3H3. The molecule has 0 amide bonds. The first-order chi connectivity index (χ1) is 6.79. The minimum Gasteiger partial charge on any atom is -0.487 e. The van der Waals surface area contributed by atoms with E-state index in [9.17, 15) is 10.1 Å². The fraction of sp³-hybridized carbons (Fsp3) is 0.400. The minimum absolute atomic E-state index is 0.0254. The van der Waals surface area contributed by atoms with Gasteiger partial charge in [0, 0.05) is 6.07 Å². The Kier molecular flexibility index (Phi) is 3.34. The second-order valence-corrected chi connectivity index (χ2v) is 4.94. The van der Waals surface area contributed by atoms with Gasteiger partial charge >= 0.3 is 0 Å². The normalized spacial score (nSPS) is 11.2. The van der Waals surface area contributed by atoms with E-state index in [1.165, 1.54) is 12.1 Å². The highest BCUT2D eigenvalue weighted by Gasteiger charge is 2.16. The molecule has 0 aliphatic rings. The monoisotopic (exact) mass is 273 g/mol. The summed E-state index contributed by atoms with van der Waals surface area (Å²) in [6.07, 6.45) is 0. The van der Waals surface area contributed by atoms with E-state index in [1.54, 1.807) is 6.07 Å². The molecule has 82 valence electrons. The number of hydrogen-bond donors (Lipinski definition) is 0. The maximum atomic E-state index is 10.6. The zero-order chi connectivity index (χ0) is 11.6. The van der Waals surface area contributed by atoms with Crippen molar-refractivity contribution in [3.63, 3.8) is 0 Å². The number of nitro benzene ring substituents is 1. The molecule has 0 fully saturated rings. The lowest BCUT2D eigenvalue weighted by atomic mass is 10.2. The highest BCUT2D eigenvalue weighted by atomic mass is 79.9. The predicted octanol–water partition coefficient (Wildman–Crippen LogP) is 3.53. The van der Waals surface area contributed by atoms with Crippen LogP contribution in [-0.2, 0) is 0 Å². The first-order valence-corrected chi connectivity index (χ1v) is 5.22. The molecule has 0 saturated carbocycles. The Hall–Kier alpha value is -1.10. The number of benzene rings is 1. The van der Waals surface area contributed by atoms with Crippen molar-refractivity contribution >= 4 is 21.6 Å². The molecular weight excluding hydrogens is 262 g/mol. The van der Waals surface area contributed by atoms with Crippen molar-refractivity contribution in [1.29, 1.82) is 0 Å². The van der Waals surface area contributed by atoms with Crippen LogP contribution in [0.2, 0.25) is 0 Å². The largest absolute Gasteiger partial charge is 0.487 e. The topological polar surface area (TPSA) is 52.4 Å². The lowest BCUT2D eigenvalue weighted by Gasteiger charge is -2.21. The smallest absolute Gasteiger partial charge is 0.273 e. The van der Waals surface area contributed by atoms with E-state index < -0.39 is 4.92 Å². The molecule has 0 aromatic heterocycles. The summed E-state index contributed by atoms with van der Waals surface area (Å²) >= 11 is 3.28. The molecule has 15 heavy (non-hydrogen) atoms. The van der Waals surface area contributed by atoms with Crippen LogP contribution in [0.25, 0.3) is 0 Å². The van der Waals surface area contributed by atoms with Crippen LogP contribution in [0.5, 0.6) is 5.75 Å². The molecule has 0 radical (unpaired) electrons. The van der Waals surface area contributed by atoms with E-state index in [0.29, 0.717) is 10.2 Å². The third-order valence-corrected chi connectivity index (χ3v) is 2.20. The molecule has 0 unspecified atom stereocenters. The van der Waals surface area contributed by atoms with Crippen molar-refractivity contribution in [3.05, 3.63) is 32.8 Å². The number of halogens is 1. The summed E-state index contributed by atoms with van der Waals surface area (Å²) in [6, 6.07) is 4.45. The van der Waals surface area contributed by atoms with Gasteiger partial charge in [-0.05, 0) is 42.8 Å². The minimum atomic E-state index is -0.443. The number of hydrogen-bond acceptors (Lipinski definition) is 3. The molecule has 0 atom stereocenters. The maximum Gasteiger partial charge on any atom is 0.273 e. The van der Waals surface area contributed by atoms with Gasteiger partial charge in [-0.3, -0.25) is 10.1 Å². The zero-order valence-electron chi connectivity index (χ0n) is 8.78. The van der Waals surface area contributed by atoms with Gasteiger partial charge in [-0.1, -0.05) is 0 Å². The molecule has 0 saturated heterocycles. The van der Waals surface area contributed by atoms with Crippen LogP contribution in [0.3, 0.4) is 0 Å². The second-order valence-electron chi connectivity index (χ2n) is 4.09. The van der Waals surface area contributed by atoms with Crippen LogP contribution in [0.15, 0.2) is 22.7 Å². The van der Waals surface area contributed by atoms with Gasteiger partial charge in [0.1, 0.15) is 11.4 Å². The molecule has 1 aromatic rings. The van der Waals surface area contributed by atoms with Crippen LogP contribution in [0.4, 0.5) is 5.69 Å². The third-order valence-electron chi connectivity index (χ3n) is 1.54. The molecule has 0 aliphatic heterocycles. The summed E-state index contributed by atoms with van der Waals surface area (Å²) in [5.74, 6) is 0.483. The van der Waals surface area contributed by atoms with Gasteiger partial charge < -0.3 is 4.74 Å². The van der Waals surface area contributed by atoms with E-state index in [1.807, 2.05) is 20.8 Å². The van der Waals surface area contributed by atoms with Crippen molar-refractivity contribution in [1.82, 2.24) is 0 Å². The Morgan fingerprint density at radius 2 is 2.00 bits per heavy atom. The first kappa shape index (κ1) is 12.0. The molecule has 0 spiro atoms. The Bertz CT molecular complexity index is 385. The van der Waals surface area contributed by atoms with E-state index in [-0.39, 0.29) is 11.3 Å². The molecule has 1 aromatic carbocycles. The SMILES string of the molecule is CC(C)(C)Oc1cc([N+](=O)[O-])ccc1Br. The summed E-state index contributed by atoms with van der Waals surface area (Å²) in [7, 11) is 0. The molecule has 0 bridgehead atoms. The summed E-state index contributed by atoms with van der Waals surface area (Å²) in [5.41, 5.74) is -0.352. The number of non-ortho nitro benzene ring substituents is 1. The van der Waals surface area contributed by atoms with E-state index in [2.05, 4.69) is 15.9 Å². The van der Waals surface area contributed by atoms with Crippen LogP contribution in [-0.4, -0.2) is 10.5 Å². The Morgan fingerprint density at radius 1 is 1.40 bits per heavy atom. The Morgan fingerprint density at radius 3 is 2.47 bits per heavy atom. The average molecular weight is 274 g/mol. The summed E-state index contributed by atoms with van der Waals surface area (Å²) in [6.45, 7) is 5.66. The fourth-order valence-electron chi connectivity index (χ4n) is 1.01. The van der Waals surface area contributed by atoms with Gasteiger partial charge in [0.25, 0.3) is 5.69 Å². The molecule has 0 N–H and O–H groups in total. The molecule has 1 rings (SSSR count). The molecule has 0 aliphatic carbocycles. The molecule has 4 nitrogen and oxygen atoms in total. The van der Waals surface area contributed by atoms with Crippen molar-refractivity contribution in [2.75, 3.05) is 0 Å². The van der Waals surface area contributed by atoms with Crippen LogP contribution in [0, 0.1) is 10.1 Å². The van der Waals surface area contributed by atoms with Gasteiger partial charge in [0.2, 0.25) is 0 Å². The highest BCUT2D eigenvalue weighted by molar-refractivity contribution is 9.10. The van der Waals surface area contributed by atoms with Crippen molar-refractivity contribution in [3.8, 4) is 5.75 Å². The number of nitro groups is 1. The Balaban J connectivity index is 3.06. The van der Waals surface area contributed by atoms with E-state index in [4.69, 9.17) is 4.74 Å². The van der Waals surface area contributed by atoms with Gasteiger partial charge in [0.15, 0.2) is 0 Å². The van der Waals surface area contributed by atoms with Crippen molar-refractivity contribution in [2.45, 2.75) is 26.4 Å². The lowest BCUT2D eigenvalue weighted by Crippen LogP contribution is -2.23. The van der Waals surface area contributed by atoms with E-state index in [0.717, 1.165) is 0 Å². The lowest BCUT2D eigenvalue weighted by molar-refractivity contribution is -0.385. The number of ether oxygens (including phenoxy) is 1. The molecular formula is C10H12BrNO3. The molecule has 0 heterocycles. The van der Waals surface area contributed by atoms with Crippen LogP contribution < -0.4 is 4.74 Å². The first-order valence-electron chi connectivity index (χ1n) is 4.42. The maximum absolute atomic E-state index is 10.6. The highest BCUT2D eigenvalue weighted by Crippen LogP contribution is 2.31. The van der Waals surface area contributed by atoms with Crippen LogP contribution in [0.1, 0.15) is 20.8 Å².